The average Bonchev–Trinajstić information content (AvgIpc) is 3.20. The molecule has 1 fully saturated rings. The second kappa shape index (κ2) is 7.97. The van der Waals surface area contributed by atoms with E-state index in [-0.39, 0.29) is 17.8 Å². The summed E-state index contributed by atoms with van der Waals surface area (Å²) < 4.78 is 1.76. The number of hydrogen-bond donors (Lipinski definition) is 0. The maximum Gasteiger partial charge on any atom is 0.293 e. The quantitative estimate of drug-likeness (QED) is 0.671. The highest BCUT2D eigenvalue weighted by Gasteiger charge is 2.28. The smallest absolute Gasteiger partial charge is 0.293 e. The fraction of sp³-hybridized carbons (Fsp3) is 0.348. The fourth-order valence-electron chi connectivity index (χ4n) is 3.88. The van der Waals surface area contributed by atoms with Crippen LogP contribution in [0.25, 0.3) is 17.1 Å². The third-order valence-electron chi connectivity index (χ3n) is 5.68. The van der Waals surface area contributed by atoms with Gasteiger partial charge in [0, 0.05) is 18.7 Å². The van der Waals surface area contributed by atoms with Gasteiger partial charge in [0.05, 0.1) is 5.69 Å². The SMILES string of the molecule is CC1CCC(N(C)C(=O)c2nc(-c3ccccc3)n(-c3ccccc3)n2)CC1. The molecule has 2 aromatic carbocycles. The normalized spacial score (nSPS) is 19.4. The molecule has 0 spiro atoms. The number of amides is 1. The van der Waals surface area contributed by atoms with Crippen LogP contribution >= 0.6 is 0 Å². The van der Waals surface area contributed by atoms with E-state index in [1.165, 1.54) is 12.8 Å². The monoisotopic (exact) mass is 374 g/mol. The van der Waals surface area contributed by atoms with Gasteiger partial charge in [0.1, 0.15) is 0 Å². The van der Waals surface area contributed by atoms with Crippen molar-refractivity contribution in [1.29, 1.82) is 0 Å². The summed E-state index contributed by atoms with van der Waals surface area (Å²) in [6, 6.07) is 20.0. The Morgan fingerprint density at radius 2 is 1.57 bits per heavy atom. The van der Waals surface area contributed by atoms with Crippen LogP contribution in [-0.2, 0) is 0 Å². The molecule has 0 N–H and O–H groups in total. The number of nitrogens with zero attached hydrogens (tertiary/aromatic N) is 4. The highest BCUT2D eigenvalue weighted by molar-refractivity contribution is 5.91. The third-order valence-corrected chi connectivity index (χ3v) is 5.68. The molecule has 5 heteroatoms. The van der Waals surface area contributed by atoms with Crippen molar-refractivity contribution in [1.82, 2.24) is 19.7 Å². The van der Waals surface area contributed by atoms with Gasteiger partial charge in [-0.3, -0.25) is 4.79 Å². The number of hydrogen-bond acceptors (Lipinski definition) is 3. The van der Waals surface area contributed by atoms with Crippen LogP contribution in [0.4, 0.5) is 0 Å². The molecule has 4 rings (SSSR count). The third kappa shape index (κ3) is 3.70. The largest absolute Gasteiger partial charge is 0.336 e. The van der Waals surface area contributed by atoms with Crippen LogP contribution in [0, 0.1) is 5.92 Å². The van der Waals surface area contributed by atoms with Gasteiger partial charge in [-0.05, 0) is 43.7 Å². The summed E-state index contributed by atoms with van der Waals surface area (Å²) in [7, 11) is 1.88. The minimum atomic E-state index is -0.105. The summed E-state index contributed by atoms with van der Waals surface area (Å²) in [5.74, 6) is 1.58. The van der Waals surface area contributed by atoms with E-state index in [0.717, 1.165) is 30.0 Å². The molecule has 5 nitrogen and oxygen atoms in total. The highest BCUT2D eigenvalue weighted by atomic mass is 16.2. The lowest BCUT2D eigenvalue weighted by molar-refractivity contribution is 0.0667. The lowest BCUT2D eigenvalue weighted by Crippen LogP contribution is -2.39. The van der Waals surface area contributed by atoms with E-state index in [0.29, 0.717) is 5.82 Å². The maximum atomic E-state index is 13.1. The van der Waals surface area contributed by atoms with Crippen molar-refractivity contribution in [2.24, 2.45) is 5.92 Å². The Morgan fingerprint density at radius 1 is 0.964 bits per heavy atom. The number of carbonyl (C=O) groups excluding carboxylic acids is 1. The van der Waals surface area contributed by atoms with Crippen molar-refractivity contribution in [3.63, 3.8) is 0 Å². The molecule has 0 unspecified atom stereocenters. The number of para-hydroxylation sites is 1. The molecule has 1 aliphatic carbocycles. The van der Waals surface area contributed by atoms with E-state index < -0.39 is 0 Å². The van der Waals surface area contributed by atoms with Gasteiger partial charge in [-0.2, -0.15) is 0 Å². The van der Waals surface area contributed by atoms with Crippen molar-refractivity contribution in [2.75, 3.05) is 7.05 Å². The molecule has 1 amide bonds. The number of aromatic nitrogens is 3. The first kappa shape index (κ1) is 18.4. The van der Waals surface area contributed by atoms with Crippen LogP contribution in [-0.4, -0.2) is 38.7 Å². The molecule has 1 aromatic heterocycles. The first-order valence-corrected chi connectivity index (χ1v) is 9.98. The summed E-state index contributed by atoms with van der Waals surface area (Å²) in [6.45, 7) is 2.28. The van der Waals surface area contributed by atoms with E-state index >= 15 is 0 Å². The standard InChI is InChI=1S/C23H26N4O/c1-17-13-15-19(16-14-17)26(2)23(28)21-24-22(18-9-5-3-6-10-18)27(25-21)20-11-7-4-8-12-20/h3-12,17,19H,13-16H2,1-2H3. The van der Waals surface area contributed by atoms with E-state index in [9.17, 15) is 4.79 Å². The molecular weight excluding hydrogens is 348 g/mol. The van der Waals surface area contributed by atoms with Crippen LogP contribution in [0.5, 0.6) is 0 Å². The van der Waals surface area contributed by atoms with Gasteiger partial charge in [0.2, 0.25) is 5.82 Å². The molecule has 0 aliphatic heterocycles. The maximum absolute atomic E-state index is 13.1. The summed E-state index contributed by atoms with van der Waals surface area (Å²) in [6.07, 6.45) is 4.44. The topological polar surface area (TPSA) is 51.0 Å². The molecule has 1 heterocycles. The van der Waals surface area contributed by atoms with Gasteiger partial charge in [0.25, 0.3) is 5.91 Å². The van der Waals surface area contributed by atoms with Gasteiger partial charge in [-0.25, -0.2) is 9.67 Å². The average molecular weight is 374 g/mol. The van der Waals surface area contributed by atoms with E-state index in [2.05, 4.69) is 17.0 Å². The van der Waals surface area contributed by atoms with Crippen molar-refractivity contribution in [3.05, 3.63) is 66.5 Å². The van der Waals surface area contributed by atoms with Gasteiger partial charge < -0.3 is 4.90 Å². The Morgan fingerprint density at radius 3 is 2.21 bits per heavy atom. The highest BCUT2D eigenvalue weighted by Crippen LogP contribution is 2.27. The summed E-state index contributed by atoms with van der Waals surface area (Å²) in [5.41, 5.74) is 1.83. The minimum absolute atomic E-state index is 0.105. The van der Waals surface area contributed by atoms with Crippen molar-refractivity contribution < 1.29 is 4.79 Å². The zero-order chi connectivity index (χ0) is 19.5. The predicted octanol–water partition coefficient (Wildman–Crippen LogP) is 4.59. The summed E-state index contributed by atoms with van der Waals surface area (Å²) >= 11 is 0. The Labute approximate surface area is 166 Å². The van der Waals surface area contributed by atoms with E-state index in [1.807, 2.05) is 72.6 Å². The predicted molar refractivity (Wildman–Crippen MR) is 110 cm³/mol. The molecule has 0 saturated heterocycles. The van der Waals surface area contributed by atoms with Crippen molar-refractivity contribution in [3.8, 4) is 17.1 Å². The minimum Gasteiger partial charge on any atom is -0.336 e. The van der Waals surface area contributed by atoms with Crippen LogP contribution < -0.4 is 0 Å². The zero-order valence-corrected chi connectivity index (χ0v) is 16.5. The molecule has 1 saturated carbocycles. The fourth-order valence-corrected chi connectivity index (χ4v) is 3.88. The number of carbonyl (C=O) groups is 1. The second-order valence-corrected chi connectivity index (χ2v) is 7.70. The summed E-state index contributed by atoms with van der Waals surface area (Å²) in [5, 5.41) is 4.60. The molecule has 0 radical (unpaired) electrons. The van der Waals surface area contributed by atoms with Crippen LogP contribution in [0.3, 0.4) is 0 Å². The first-order chi connectivity index (χ1) is 13.6. The van der Waals surface area contributed by atoms with Crippen LogP contribution in [0.1, 0.15) is 43.2 Å². The molecule has 3 aromatic rings. The Bertz CT molecular complexity index is 871. The van der Waals surface area contributed by atoms with Gasteiger partial charge in [0.15, 0.2) is 5.82 Å². The molecule has 1 aliphatic rings. The Kier molecular flexibility index (Phi) is 5.24. The van der Waals surface area contributed by atoms with Crippen LogP contribution in [0.15, 0.2) is 60.7 Å². The summed E-state index contributed by atoms with van der Waals surface area (Å²) in [4.78, 5) is 19.6. The molecule has 28 heavy (non-hydrogen) atoms. The van der Waals surface area contributed by atoms with Crippen LogP contribution in [0.2, 0.25) is 0 Å². The van der Waals surface area contributed by atoms with Gasteiger partial charge in [-0.15, -0.1) is 5.10 Å². The van der Waals surface area contributed by atoms with Gasteiger partial charge >= 0.3 is 0 Å². The molecule has 0 bridgehead atoms. The Balaban J connectivity index is 1.68. The van der Waals surface area contributed by atoms with Gasteiger partial charge in [-0.1, -0.05) is 55.5 Å². The molecule has 144 valence electrons. The lowest BCUT2D eigenvalue weighted by atomic mass is 9.87. The molecular formula is C23H26N4O. The van der Waals surface area contributed by atoms with E-state index in [1.54, 1.807) is 4.68 Å². The number of rotatable bonds is 4. The number of benzene rings is 2. The zero-order valence-electron chi connectivity index (χ0n) is 16.5. The first-order valence-electron chi connectivity index (χ1n) is 9.98. The molecule has 0 atom stereocenters. The van der Waals surface area contributed by atoms with Crippen molar-refractivity contribution >= 4 is 5.91 Å². The second-order valence-electron chi connectivity index (χ2n) is 7.70. The van der Waals surface area contributed by atoms with Crippen molar-refractivity contribution in [2.45, 2.75) is 38.6 Å². The van der Waals surface area contributed by atoms with E-state index in [4.69, 9.17) is 0 Å². The lowest BCUT2D eigenvalue weighted by Gasteiger charge is -2.32. The Hall–Kier alpha value is -2.95.